The van der Waals surface area contributed by atoms with Gasteiger partial charge in [0.15, 0.2) is 0 Å². The maximum absolute atomic E-state index is 14.0. The molecule has 3 rings (SSSR count). The monoisotopic (exact) mass is 366 g/mol. The molecule has 1 aromatic rings. The van der Waals surface area contributed by atoms with Gasteiger partial charge in [0.1, 0.15) is 11.4 Å². The van der Waals surface area contributed by atoms with Crippen LogP contribution in [0.5, 0.6) is 0 Å². The number of hydrogen-bond acceptors (Lipinski definition) is 4. The molecule has 1 fully saturated rings. The Kier molecular flexibility index (Phi) is 5.30. The number of alkyl carbamates (subject to hydrolysis) is 1. The number of amides is 1. The number of benzene rings is 1. The van der Waals surface area contributed by atoms with Crippen LogP contribution in [-0.4, -0.2) is 29.5 Å². The van der Waals surface area contributed by atoms with Crippen LogP contribution in [0.2, 0.25) is 0 Å². The maximum Gasteiger partial charge on any atom is 0.408 e. The molecule has 1 unspecified atom stereocenters. The lowest BCUT2D eigenvalue weighted by atomic mass is 9.76. The lowest BCUT2D eigenvalue weighted by Crippen LogP contribution is -2.60. The summed E-state index contributed by atoms with van der Waals surface area (Å²) in [4.78, 5) is 12.9. The molecular formula is C19H27FN2O2S. The van der Waals surface area contributed by atoms with Crippen molar-refractivity contribution in [2.45, 2.75) is 68.5 Å². The number of halogens is 1. The van der Waals surface area contributed by atoms with Crippen molar-refractivity contribution in [2.75, 3.05) is 12.3 Å². The number of ether oxygens (including phenoxy) is 1. The maximum atomic E-state index is 14.0. The third-order valence-corrected chi connectivity index (χ3v) is 5.95. The number of hydrogen-bond donors (Lipinski definition) is 2. The van der Waals surface area contributed by atoms with Crippen molar-refractivity contribution in [1.29, 1.82) is 0 Å². The summed E-state index contributed by atoms with van der Waals surface area (Å²) in [6.07, 6.45) is 3.58. The molecule has 1 aromatic carbocycles. The van der Waals surface area contributed by atoms with Crippen LogP contribution in [0.3, 0.4) is 0 Å². The second-order valence-electron chi connectivity index (χ2n) is 7.99. The van der Waals surface area contributed by atoms with Crippen molar-refractivity contribution in [2.24, 2.45) is 0 Å². The normalized spacial score (nSPS) is 21.8. The molecule has 1 saturated carbocycles. The van der Waals surface area contributed by atoms with Crippen LogP contribution < -0.4 is 10.6 Å². The average Bonchev–Trinajstić information content (AvgIpc) is 2.48. The molecule has 6 heteroatoms. The SMILES string of the molecule is CC(C)(C)OC(=O)NC1(CNC2CCSc3c(F)cccc32)CCC1. The molecule has 2 aliphatic rings. The largest absolute Gasteiger partial charge is 0.444 e. The molecular weight excluding hydrogens is 339 g/mol. The zero-order valence-corrected chi connectivity index (χ0v) is 16.0. The Hall–Kier alpha value is -1.27. The van der Waals surface area contributed by atoms with Gasteiger partial charge in [0, 0.05) is 17.5 Å². The van der Waals surface area contributed by atoms with Crippen molar-refractivity contribution >= 4 is 17.9 Å². The smallest absolute Gasteiger partial charge is 0.408 e. The molecule has 0 aromatic heterocycles. The fourth-order valence-electron chi connectivity index (χ4n) is 3.39. The van der Waals surface area contributed by atoms with Gasteiger partial charge in [0.25, 0.3) is 0 Å². The second kappa shape index (κ2) is 7.16. The minimum Gasteiger partial charge on any atom is -0.444 e. The van der Waals surface area contributed by atoms with Gasteiger partial charge in [-0.25, -0.2) is 9.18 Å². The van der Waals surface area contributed by atoms with E-state index in [2.05, 4.69) is 10.6 Å². The van der Waals surface area contributed by atoms with Crippen molar-refractivity contribution in [1.82, 2.24) is 10.6 Å². The van der Waals surface area contributed by atoms with Gasteiger partial charge in [-0.1, -0.05) is 12.1 Å². The summed E-state index contributed by atoms with van der Waals surface area (Å²) in [5.74, 6) is 0.761. The first-order valence-electron chi connectivity index (χ1n) is 8.94. The molecule has 2 N–H and O–H groups in total. The summed E-state index contributed by atoms with van der Waals surface area (Å²) in [5, 5.41) is 6.62. The van der Waals surface area contributed by atoms with Crippen LogP contribution >= 0.6 is 11.8 Å². The van der Waals surface area contributed by atoms with E-state index in [1.54, 1.807) is 17.8 Å². The first-order valence-corrected chi connectivity index (χ1v) is 9.92. The molecule has 1 aliphatic carbocycles. The van der Waals surface area contributed by atoms with Crippen LogP contribution in [0, 0.1) is 5.82 Å². The van der Waals surface area contributed by atoms with E-state index in [1.165, 1.54) is 6.07 Å². The van der Waals surface area contributed by atoms with E-state index in [4.69, 9.17) is 4.74 Å². The molecule has 0 saturated heterocycles. The summed E-state index contributed by atoms with van der Waals surface area (Å²) in [7, 11) is 0. The van der Waals surface area contributed by atoms with E-state index in [0.29, 0.717) is 6.54 Å². The molecule has 0 spiro atoms. The Morgan fingerprint density at radius 3 is 2.80 bits per heavy atom. The molecule has 1 aliphatic heterocycles. The molecule has 1 heterocycles. The number of nitrogens with one attached hydrogen (secondary N) is 2. The Morgan fingerprint density at radius 2 is 2.16 bits per heavy atom. The predicted octanol–water partition coefficient (Wildman–Crippen LogP) is 4.40. The van der Waals surface area contributed by atoms with E-state index in [-0.39, 0.29) is 23.5 Å². The van der Waals surface area contributed by atoms with Crippen LogP contribution in [0.25, 0.3) is 0 Å². The fourth-order valence-corrected chi connectivity index (χ4v) is 4.53. The topological polar surface area (TPSA) is 50.4 Å². The first kappa shape index (κ1) is 18.5. The van der Waals surface area contributed by atoms with Crippen LogP contribution in [0.1, 0.15) is 58.1 Å². The Balaban J connectivity index is 1.63. The van der Waals surface area contributed by atoms with E-state index in [1.807, 2.05) is 26.8 Å². The fraction of sp³-hybridized carbons (Fsp3) is 0.632. The second-order valence-corrected chi connectivity index (χ2v) is 9.09. The lowest BCUT2D eigenvalue weighted by Gasteiger charge is -2.44. The minimum atomic E-state index is -0.500. The van der Waals surface area contributed by atoms with Gasteiger partial charge in [-0.05, 0) is 63.8 Å². The Bertz CT molecular complexity index is 641. The predicted molar refractivity (Wildman–Crippen MR) is 98.4 cm³/mol. The van der Waals surface area contributed by atoms with Gasteiger partial charge in [-0.15, -0.1) is 11.8 Å². The van der Waals surface area contributed by atoms with Gasteiger partial charge < -0.3 is 15.4 Å². The van der Waals surface area contributed by atoms with Crippen LogP contribution in [0.15, 0.2) is 23.1 Å². The lowest BCUT2D eigenvalue weighted by molar-refractivity contribution is 0.0378. The Labute approximate surface area is 153 Å². The summed E-state index contributed by atoms with van der Waals surface area (Å²) >= 11 is 1.58. The van der Waals surface area contributed by atoms with E-state index in [0.717, 1.165) is 41.9 Å². The molecule has 4 nitrogen and oxygen atoms in total. The van der Waals surface area contributed by atoms with E-state index < -0.39 is 5.60 Å². The highest BCUT2D eigenvalue weighted by atomic mass is 32.2. The molecule has 1 atom stereocenters. The van der Waals surface area contributed by atoms with Crippen LogP contribution in [0.4, 0.5) is 9.18 Å². The van der Waals surface area contributed by atoms with Gasteiger partial charge >= 0.3 is 6.09 Å². The minimum absolute atomic E-state index is 0.130. The van der Waals surface area contributed by atoms with E-state index in [9.17, 15) is 9.18 Å². The summed E-state index contributed by atoms with van der Waals surface area (Å²) < 4.78 is 19.4. The summed E-state index contributed by atoms with van der Waals surface area (Å²) in [6.45, 7) is 6.27. The Morgan fingerprint density at radius 1 is 1.40 bits per heavy atom. The van der Waals surface area contributed by atoms with Crippen molar-refractivity contribution in [3.05, 3.63) is 29.6 Å². The molecule has 0 bridgehead atoms. The first-order chi connectivity index (χ1) is 11.8. The highest BCUT2D eigenvalue weighted by Crippen LogP contribution is 2.39. The highest BCUT2D eigenvalue weighted by molar-refractivity contribution is 7.99. The average molecular weight is 367 g/mol. The zero-order valence-electron chi connectivity index (χ0n) is 15.2. The molecule has 0 radical (unpaired) electrons. The third kappa shape index (κ3) is 4.47. The third-order valence-electron chi connectivity index (χ3n) is 4.79. The molecule has 1 amide bonds. The number of rotatable bonds is 4. The zero-order chi connectivity index (χ0) is 18.1. The number of carbonyl (C=O) groups excluding carboxylic acids is 1. The number of fused-ring (bicyclic) bond motifs is 1. The standard InChI is InChI=1S/C19H27FN2O2S/c1-18(2,3)24-17(23)22-19(9-5-10-19)12-21-15-8-11-25-16-13(15)6-4-7-14(16)20/h4,6-7,15,21H,5,8-12H2,1-3H3,(H,22,23). The van der Waals surface area contributed by atoms with Gasteiger partial charge in [0.2, 0.25) is 0 Å². The summed E-state index contributed by atoms with van der Waals surface area (Å²) in [6, 6.07) is 5.42. The van der Waals surface area contributed by atoms with Crippen molar-refractivity contribution < 1.29 is 13.9 Å². The number of thioether (sulfide) groups is 1. The number of carbonyl (C=O) groups is 1. The highest BCUT2D eigenvalue weighted by Gasteiger charge is 2.40. The molecule has 138 valence electrons. The van der Waals surface area contributed by atoms with Gasteiger partial charge in [0.05, 0.1) is 5.54 Å². The van der Waals surface area contributed by atoms with Crippen LogP contribution in [-0.2, 0) is 4.74 Å². The summed E-state index contributed by atoms with van der Waals surface area (Å²) in [5.41, 5.74) is 0.280. The van der Waals surface area contributed by atoms with Crippen molar-refractivity contribution in [3.63, 3.8) is 0 Å². The van der Waals surface area contributed by atoms with Gasteiger partial charge in [-0.2, -0.15) is 0 Å². The quantitative estimate of drug-likeness (QED) is 0.829. The molecule has 25 heavy (non-hydrogen) atoms. The van der Waals surface area contributed by atoms with Crippen molar-refractivity contribution in [3.8, 4) is 0 Å². The van der Waals surface area contributed by atoms with E-state index >= 15 is 0 Å². The van der Waals surface area contributed by atoms with Gasteiger partial charge in [-0.3, -0.25) is 0 Å².